The lowest BCUT2D eigenvalue weighted by Crippen LogP contribution is -2.00. The van der Waals surface area contributed by atoms with E-state index in [4.69, 9.17) is 19.4 Å². The van der Waals surface area contributed by atoms with Crippen molar-refractivity contribution in [3.05, 3.63) is 176 Å². The average molecular weight is 628 g/mol. The van der Waals surface area contributed by atoms with Crippen LogP contribution in [0.2, 0.25) is 0 Å². The van der Waals surface area contributed by atoms with Gasteiger partial charge in [-0.15, -0.1) is 0 Å². The molecular weight excluding hydrogens is 599 g/mol. The van der Waals surface area contributed by atoms with Crippen LogP contribution in [0, 0.1) is 0 Å². The first-order valence-electron chi connectivity index (χ1n) is 16.4. The highest BCUT2D eigenvalue weighted by Gasteiger charge is 2.16. The van der Waals surface area contributed by atoms with E-state index in [1.807, 2.05) is 78.9 Å². The average Bonchev–Trinajstić information content (AvgIpc) is 3.57. The summed E-state index contributed by atoms with van der Waals surface area (Å²) in [6.07, 6.45) is 0. The van der Waals surface area contributed by atoms with Gasteiger partial charge < -0.3 is 4.42 Å². The molecule has 0 atom stereocenters. The number of para-hydroxylation sites is 1. The molecule has 4 nitrogen and oxygen atoms in total. The molecule has 9 rings (SSSR count). The third-order valence-electron chi connectivity index (χ3n) is 8.95. The SMILES string of the molecule is c1ccc(-c2ccc(-c3cccc(-c4cccc5c4oc4ccc(-c6nc(-c7ccccc7)nc(-c7ccccc7)n6)cc45)c3)cc2)cc1. The number of nitrogens with zero attached hydrogens (tertiary/aromatic N) is 3. The summed E-state index contributed by atoms with van der Waals surface area (Å²) in [5.41, 5.74) is 11.4. The van der Waals surface area contributed by atoms with Crippen molar-refractivity contribution in [2.24, 2.45) is 0 Å². The fourth-order valence-electron chi connectivity index (χ4n) is 6.45. The van der Waals surface area contributed by atoms with Crippen molar-refractivity contribution in [3.8, 4) is 67.5 Å². The number of rotatable bonds is 6. The second-order valence-electron chi connectivity index (χ2n) is 12.1. The van der Waals surface area contributed by atoms with Crippen molar-refractivity contribution >= 4 is 21.9 Å². The largest absolute Gasteiger partial charge is 0.455 e. The normalized spacial score (nSPS) is 11.3. The Balaban J connectivity index is 1.11. The van der Waals surface area contributed by atoms with Crippen LogP contribution in [0.25, 0.3) is 89.5 Å². The first-order valence-corrected chi connectivity index (χ1v) is 16.4. The van der Waals surface area contributed by atoms with Crippen LogP contribution in [0.5, 0.6) is 0 Å². The lowest BCUT2D eigenvalue weighted by Gasteiger charge is -2.08. The molecule has 2 heterocycles. The molecule has 0 aliphatic rings. The van der Waals surface area contributed by atoms with Gasteiger partial charge in [0.1, 0.15) is 11.2 Å². The van der Waals surface area contributed by atoms with Gasteiger partial charge in [0, 0.05) is 33.0 Å². The van der Waals surface area contributed by atoms with Crippen molar-refractivity contribution < 1.29 is 4.42 Å². The van der Waals surface area contributed by atoms with Crippen LogP contribution in [0.4, 0.5) is 0 Å². The molecule has 4 heteroatoms. The fourth-order valence-corrected chi connectivity index (χ4v) is 6.45. The molecule has 0 amide bonds. The summed E-state index contributed by atoms with van der Waals surface area (Å²) in [4.78, 5) is 14.7. The zero-order chi connectivity index (χ0) is 32.6. The molecule has 2 aromatic heterocycles. The van der Waals surface area contributed by atoms with Crippen LogP contribution in [-0.2, 0) is 0 Å². The van der Waals surface area contributed by atoms with Gasteiger partial charge in [-0.3, -0.25) is 0 Å². The van der Waals surface area contributed by atoms with E-state index in [0.717, 1.165) is 55.3 Å². The van der Waals surface area contributed by atoms with Crippen LogP contribution in [0.3, 0.4) is 0 Å². The van der Waals surface area contributed by atoms with Gasteiger partial charge in [-0.05, 0) is 52.1 Å². The van der Waals surface area contributed by atoms with E-state index in [0.29, 0.717) is 17.5 Å². The van der Waals surface area contributed by atoms with E-state index < -0.39 is 0 Å². The second-order valence-corrected chi connectivity index (χ2v) is 12.1. The molecular formula is C45H29N3O. The third-order valence-corrected chi connectivity index (χ3v) is 8.95. The molecule has 230 valence electrons. The number of furan rings is 1. The maximum Gasteiger partial charge on any atom is 0.164 e. The second kappa shape index (κ2) is 12.2. The Labute approximate surface area is 284 Å². The number of fused-ring (bicyclic) bond motifs is 3. The molecule has 0 saturated heterocycles. The molecule has 0 radical (unpaired) electrons. The van der Waals surface area contributed by atoms with Crippen molar-refractivity contribution in [1.29, 1.82) is 0 Å². The first kappa shape index (κ1) is 28.6. The summed E-state index contributed by atoms with van der Waals surface area (Å²) >= 11 is 0. The van der Waals surface area contributed by atoms with E-state index in [-0.39, 0.29) is 0 Å². The van der Waals surface area contributed by atoms with Gasteiger partial charge in [0.05, 0.1) is 0 Å². The lowest BCUT2D eigenvalue weighted by molar-refractivity contribution is 0.670. The van der Waals surface area contributed by atoms with Crippen LogP contribution in [-0.4, -0.2) is 15.0 Å². The standard InChI is InChI=1S/C45H29N3O/c1-4-12-30(13-5-1)31-22-24-32(25-23-31)35-18-10-19-36(28-35)38-20-11-21-39-40-29-37(26-27-41(40)49-42(38)39)45-47-43(33-14-6-2-7-15-33)46-44(48-45)34-16-8-3-9-17-34/h1-29H. The van der Waals surface area contributed by atoms with Gasteiger partial charge in [-0.2, -0.15) is 0 Å². The minimum Gasteiger partial charge on any atom is -0.455 e. The van der Waals surface area contributed by atoms with Crippen LogP contribution in [0.15, 0.2) is 180 Å². The third kappa shape index (κ3) is 5.45. The molecule has 0 N–H and O–H groups in total. The summed E-state index contributed by atoms with van der Waals surface area (Å²) in [6.45, 7) is 0. The van der Waals surface area contributed by atoms with E-state index in [1.54, 1.807) is 0 Å². The maximum absolute atomic E-state index is 6.57. The van der Waals surface area contributed by atoms with E-state index in [9.17, 15) is 0 Å². The van der Waals surface area contributed by atoms with Crippen LogP contribution < -0.4 is 0 Å². The van der Waals surface area contributed by atoms with Crippen molar-refractivity contribution in [1.82, 2.24) is 15.0 Å². The van der Waals surface area contributed by atoms with Gasteiger partial charge in [-0.25, -0.2) is 15.0 Å². The van der Waals surface area contributed by atoms with Crippen molar-refractivity contribution in [3.63, 3.8) is 0 Å². The molecule has 0 fully saturated rings. The number of hydrogen-bond acceptors (Lipinski definition) is 4. The van der Waals surface area contributed by atoms with E-state index >= 15 is 0 Å². The predicted octanol–water partition coefficient (Wildman–Crippen LogP) is 11.8. The topological polar surface area (TPSA) is 51.8 Å². The summed E-state index contributed by atoms with van der Waals surface area (Å²) in [6, 6.07) is 60.5. The Morgan fingerprint density at radius 1 is 0.306 bits per heavy atom. The number of benzene rings is 7. The molecule has 9 aromatic rings. The smallest absolute Gasteiger partial charge is 0.164 e. The van der Waals surface area contributed by atoms with Gasteiger partial charge in [-0.1, -0.05) is 152 Å². The molecule has 49 heavy (non-hydrogen) atoms. The predicted molar refractivity (Wildman–Crippen MR) is 200 cm³/mol. The molecule has 0 unspecified atom stereocenters. The van der Waals surface area contributed by atoms with E-state index in [1.165, 1.54) is 16.7 Å². The quantitative estimate of drug-likeness (QED) is 0.184. The van der Waals surface area contributed by atoms with Gasteiger partial charge >= 0.3 is 0 Å². The number of aromatic nitrogens is 3. The van der Waals surface area contributed by atoms with Gasteiger partial charge in [0.15, 0.2) is 17.5 Å². The Morgan fingerprint density at radius 2 is 0.776 bits per heavy atom. The summed E-state index contributed by atoms with van der Waals surface area (Å²) in [5, 5.41) is 2.07. The van der Waals surface area contributed by atoms with E-state index in [2.05, 4.69) is 97.1 Å². The Morgan fingerprint density at radius 3 is 1.41 bits per heavy atom. The highest BCUT2D eigenvalue weighted by Crippen LogP contribution is 2.38. The monoisotopic (exact) mass is 627 g/mol. The highest BCUT2D eigenvalue weighted by atomic mass is 16.3. The molecule has 0 aliphatic carbocycles. The van der Waals surface area contributed by atoms with Gasteiger partial charge in [0.2, 0.25) is 0 Å². The molecule has 0 saturated carbocycles. The molecule has 0 aliphatic heterocycles. The summed E-state index contributed by atoms with van der Waals surface area (Å²) in [5.74, 6) is 1.89. The summed E-state index contributed by atoms with van der Waals surface area (Å²) < 4.78 is 6.57. The minimum atomic E-state index is 0.617. The lowest BCUT2D eigenvalue weighted by atomic mass is 9.96. The van der Waals surface area contributed by atoms with Crippen LogP contribution >= 0.6 is 0 Å². The Bertz CT molecular complexity index is 2520. The zero-order valence-corrected chi connectivity index (χ0v) is 26.5. The highest BCUT2D eigenvalue weighted by molar-refractivity contribution is 6.10. The Kier molecular flexibility index (Phi) is 7.10. The summed E-state index contributed by atoms with van der Waals surface area (Å²) in [7, 11) is 0. The van der Waals surface area contributed by atoms with Gasteiger partial charge in [0.25, 0.3) is 0 Å². The fraction of sp³-hybridized carbons (Fsp3) is 0. The zero-order valence-electron chi connectivity index (χ0n) is 26.5. The molecule has 7 aromatic carbocycles. The van der Waals surface area contributed by atoms with Crippen LogP contribution in [0.1, 0.15) is 0 Å². The van der Waals surface area contributed by atoms with Crippen molar-refractivity contribution in [2.45, 2.75) is 0 Å². The van der Waals surface area contributed by atoms with Crippen molar-refractivity contribution in [2.75, 3.05) is 0 Å². The first-order chi connectivity index (χ1) is 24.3. The molecule has 0 bridgehead atoms. The number of hydrogen-bond donors (Lipinski definition) is 0. The maximum atomic E-state index is 6.57. The molecule has 0 spiro atoms. The minimum absolute atomic E-state index is 0.617. The Hall–Kier alpha value is -6.65.